The highest BCUT2D eigenvalue weighted by Gasteiger charge is 2.37. The smallest absolute Gasteiger partial charge is 0.348 e. The van der Waals surface area contributed by atoms with Crippen LogP contribution in [0.1, 0.15) is 36.5 Å². The van der Waals surface area contributed by atoms with Crippen molar-refractivity contribution >= 4 is 27.6 Å². The fourth-order valence-electron chi connectivity index (χ4n) is 4.40. The predicted octanol–water partition coefficient (Wildman–Crippen LogP) is 2.84. The van der Waals surface area contributed by atoms with Crippen LogP contribution in [-0.4, -0.2) is 64.1 Å². The van der Waals surface area contributed by atoms with Gasteiger partial charge in [-0.05, 0) is 50.1 Å². The third kappa shape index (κ3) is 4.35. The molecular weight excluding hydrogens is 460 g/mol. The van der Waals surface area contributed by atoms with Crippen molar-refractivity contribution in [2.45, 2.75) is 43.2 Å². The number of anilines is 1. The molecule has 0 bridgehead atoms. The molecule has 4 rings (SSSR count). The summed E-state index contributed by atoms with van der Waals surface area (Å²) in [6.07, 6.45) is 1.53. The van der Waals surface area contributed by atoms with Crippen LogP contribution in [0.4, 0.5) is 5.69 Å². The Kier molecular flexibility index (Phi) is 6.81. The van der Waals surface area contributed by atoms with E-state index in [9.17, 15) is 18.0 Å². The lowest BCUT2D eigenvalue weighted by atomic mass is 10.1. The highest BCUT2D eigenvalue weighted by molar-refractivity contribution is 7.89. The van der Waals surface area contributed by atoms with Crippen LogP contribution in [0, 0.1) is 0 Å². The molecule has 0 N–H and O–H groups in total. The normalized spacial score (nSPS) is 20.7. The molecule has 2 aromatic carbocycles. The zero-order valence-corrected chi connectivity index (χ0v) is 20.2. The summed E-state index contributed by atoms with van der Waals surface area (Å²) in [5.74, 6) is -0.537. The zero-order chi connectivity index (χ0) is 24.5. The second-order valence-corrected chi connectivity index (χ2v) is 10.2. The summed E-state index contributed by atoms with van der Waals surface area (Å²) < 4.78 is 44.4. The Morgan fingerprint density at radius 2 is 1.85 bits per heavy atom. The van der Waals surface area contributed by atoms with E-state index in [-0.39, 0.29) is 28.8 Å². The maximum Gasteiger partial charge on any atom is 0.348 e. The number of benzene rings is 2. The number of methoxy groups -OCH3 is 2. The first-order chi connectivity index (χ1) is 16.3. The van der Waals surface area contributed by atoms with Gasteiger partial charge in [0.25, 0.3) is 5.91 Å². The largest absolute Gasteiger partial charge is 0.495 e. The van der Waals surface area contributed by atoms with E-state index in [1.54, 1.807) is 24.3 Å². The minimum Gasteiger partial charge on any atom is -0.495 e. The van der Waals surface area contributed by atoms with E-state index in [1.165, 1.54) is 41.6 Å². The maximum atomic E-state index is 13.6. The van der Waals surface area contributed by atoms with Crippen LogP contribution in [-0.2, 0) is 19.6 Å². The highest BCUT2D eigenvalue weighted by Crippen LogP contribution is 2.36. The topological polar surface area (TPSA) is 102 Å². The Balaban J connectivity index is 1.74. The van der Waals surface area contributed by atoms with Crippen LogP contribution in [0.5, 0.6) is 11.5 Å². The lowest BCUT2D eigenvalue weighted by Crippen LogP contribution is -2.47. The summed E-state index contributed by atoms with van der Waals surface area (Å²) in [6, 6.07) is 11.1. The van der Waals surface area contributed by atoms with Crippen LogP contribution in [0.25, 0.3) is 0 Å². The third-order valence-corrected chi connectivity index (χ3v) is 8.26. The first-order valence-electron chi connectivity index (χ1n) is 11.1. The summed E-state index contributed by atoms with van der Waals surface area (Å²) >= 11 is 0. The van der Waals surface area contributed by atoms with Gasteiger partial charge in [-0.3, -0.25) is 4.79 Å². The number of ether oxygens (including phenoxy) is 3. The van der Waals surface area contributed by atoms with Gasteiger partial charge in [0.1, 0.15) is 16.4 Å². The molecule has 0 radical (unpaired) electrons. The minimum atomic E-state index is -3.89. The molecule has 2 aliphatic rings. The Bertz CT molecular complexity index is 1200. The van der Waals surface area contributed by atoms with Crippen molar-refractivity contribution in [3.05, 3.63) is 48.0 Å². The lowest BCUT2D eigenvalue weighted by molar-refractivity contribution is -0.148. The first kappa shape index (κ1) is 24.0. The molecule has 1 fully saturated rings. The molecule has 182 valence electrons. The lowest BCUT2D eigenvalue weighted by Gasteiger charge is -2.34. The van der Waals surface area contributed by atoms with E-state index < -0.39 is 28.0 Å². The second kappa shape index (κ2) is 9.63. The van der Waals surface area contributed by atoms with Gasteiger partial charge in [-0.2, -0.15) is 4.31 Å². The molecule has 2 aliphatic heterocycles. The fraction of sp³-hybridized carbons (Fsp3) is 0.417. The number of esters is 1. The van der Waals surface area contributed by atoms with Crippen molar-refractivity contribution in [2.75, 3.05) is 32.2 Å². The van der Waals surface area contributed by atoms with Gasteiger partial charge < -0.3 is 19.1 Å². The Hall–Kier alpha value is -3.11. The van der Waals surface area contributed by atoms with E-state index in [2.05, 4.69) is 0 Å². The number of rotatable bonds is 5. The molecule has 0 aromatic heterocycles. The van der Waals surface area contributed by atoms with Crippen LogP contribution in [0.15, 0.2) is 47.4 Å². The van der Waals surface area contributed by atoms with Crippen LogP contribution >= 0.6 is 0 Å². The van der Waals surface area contributed by atoms with Gasteiger partial charge in [0, 0.05) is 18.2 Å². The predicted molar refractivity (Wildman–Crippen MR) is 125 cm³/mol. The molecule has 34 heavy (non-hydrogen) atoms. The monoisotopic (exact) mass is 488 g/mol. The maximum absolute atomic E-state index is 13.6. The van der Waals surface area contributed by atoms with Crippen molar-refractivity contribution in [1.29, 1.82) is 0 Å². The summed E-state index contributed by atoms with van der Waals surface area (Å²) in [4.78, 5) is 27.1. The average Bonchev–Trinajstić information content (AvgIpc) is 2.86. The number of hydrogen-bond acceptors (Lipinski definition) is 7. The van der Waals surface area contributed by atoms with Crippen molar-refractivity contribution in [2.24, 2.45) is 0 Å². The van der Waals surface area contributed by atoms with E-state index >= 15 is 0 Å². The van der Waals surface area contributed by atoms with Gasteiger partial charge in [-0.15, -0.1) is 0 Å². The molecule has 2 atom stereocenters. The molecule has 1 saturated heterocycles. The summed E-state index contributed by atoms with van der Waals surface area (Å²) in [5.41, 5.74) is 0.641. The molecule has 9 nitrogen and oxygen atoms in total. The van der Waals surface area contributed by atoms with Crippen LogP contribution in [0.3, 0.4) is 0 Å². The number of carbonyl (C=O) groups is 2. The number of hydrogen-bond donors (Lipinski definition) is 0. The standard InChI is InChI=1S/C24H28N2O7S/c1-16-8-6-7-13-26(16)34(29,30)22-14-17(11-12-20(22)31-2)23(27)25-15-21(24(28)32-3)33-19-10-5-4-9-18(19)25/h4-5,9-12,14,16,21H,6-8,13,15H2,1-3H3/t16-,21-/m1/s1. The molecular formula is C24H28N2O7S. The van der Waals surface area contributed by atoms with Gasteiger partial charge in [0.15, 0.2) is 0 Å². The zero-order valence-electron chi connectivity index (χ0n) is 19.4. The number of para-hydroxylation sites is 2. The highest BCUT2D eigenvalue weighted by atomic mass is 32.2. The minimum absolute atomic E-state index is 0.0549. The number of amides is 1. The van der Waals surface area contributed by atoms with Gasteiger partial charge in [0.05, 0.1) is 26.5 Å². The molecule has 0 aliphatic carbocycles. The van der Waals surface area contributed by atoms with E-state index in [4.69, 9.17) is 14.2 Å². The molecule has 0 unspecified atom stereocenters. The number of fused-ring (bicyclic) bond motifs is 1. The van der Waals surface area contributed by atoms with E-state index in [1.807, 2.05) is 6.92 Å². The SMILES string of the molecule is COC(=O)[C@H]1CN(C(=O)c2ccc(OC)c(S(=O)(=O)N3CCCC[C@H]3C)c2)c2ccccc2O1. The molecule has 1 amide bonds. The molecule has 2 heterocycles. The third-order valence-electron chi connectivity index (χ3n) is 6.22. The molecule has 0 spiro atoms. The molecule has 10 heteroatoms. The van der Waals surface area contributed by atoms with Crippen molar-refractivity contribution < 1.29 is 32.2 Å². The number of piperidine rings is 1. The summed E-state index contributed by atoms with van der Waals surface area (Å²) in [5, 5.41) is 0. The molecule has 2 aromatic rings. The van der Waals surface area contributed by atoms with E-state index in [0.29, 0.717) is 18.0 Å². The van der Waals surface area contributed by atoms with Gasteiger partial charge >= 0.3 is 5.97 Å². The summed E-state index contributed by atoms with van der Waals surface area (Å²) in [7, 11) is -1.24. The number of nitrogens with zero attached hydrogens (tertiary/aromatic N) is 2. The first-order valence-corrected chi connectivity index (χ1v) is 12.6. The van der Waals surface area contributed by atoms with Gasteiger partial charge in [-0.1, -0.05) is 18.6 Å². The molecule has 0 saturated carbocycles. The van der Waals surface area contributed by atoms with Crippen LogP contribution < -0.4 is 14.4 Å². The van der Waals surface area contributed by atoms with Crippen molar-refractivity contribution in [3.8, 4) is 11.5 Å². The number of carbonyl (C=O) groups excluding carboxylic acids is 2. The Morgan fingerprint density at radius 1 is 1.09 bits per heavy atom. The summed E-state index contributed by atoms with van der Waals surface area (Å²) in [6.45, 7) is 2.23. The average molecular weight is 489 g/mol. The Morgan fingerprint density at radius 3 is 2.56 bits per heavy atom. The second-order valence-electron chi connectivity index (χ2n) is 8.34. The van der Waals surface area contributed by atoms with E-state index in [0.717, 1.165) is 19.3 Å². The number of sulfonamides is 1. The van der Waals surface area contributed by atoms with Gasteiger partial charge in [-0.25, -0.2) is 13.2 Å². The van der Waals surface area contributed by atoms with Gasteiger partial charge in [0.2, 0.25) is 16.1 Å². The fourth-order valence-corrected chi connectivity index (χ4v) is 6.29. The van der Waals surface area contributed by atoms with Crippen molar-refractivity contribution in [3.63, 3.8) is 0 Å². The van der Waals surface area contributed by atoms with Crippen molar-refractivity contribution in [1.82, 2.24) is 4.31 Å². The van der Waals surface area contributed by atoms with Crippen LogP contribution in [0.2, 0.25) is 0 Å². The Labute approximate surface area is 199 Å². The quantitative estimate of drug-likeness (QED) is 0.597.